The van der Waals surface area contributed by atoms with Crippen LogP contribution in [0.15, 0.2) is 16.9 Å². The van der Waals surface area contributed by atoms with Gasteiger partial charge in [0.15, 0.2) is 0 Å². The van der Waals surface area contributed by atoms with Crippen molar-refractivity contribution in [3.8, 4) is 0 Å². The number of hydrogen-bond donors (Lipinski definition) is 2. The van der Waals surface area contributed by atoms with Gasteiger partial charge < -0.3 is 29.4 Å². The first-order chi connectivity index (χ1) is 18.4. The van der Waals surface area contributed by atoms with Crippen molar-refractivity contribution in [3.63, 3.8) is 0 Å². The molecule has 0 atom stereocenters. The van der Waals surface area contributed by atoms with Crippen LogP contribution in [0, 0.1) is 13.8 Å². The average Bonchev–Trinajstić information content (AvgIpc) is 2.90. The fraction of sp³-hybridized carbons (Fsp3) is 0.600. The molecule has 1 amide bonds. The highest BCUT2D eigenvalue weighted by Gasteiger charge is 2.42. The number of anilines is 1. The van der Waals surface area contributed by atoms with Gasteiger partial charge in [0.2, 0.25) is 0 Å². The Bertz CT molecular complexity index is 1240. The molecule has 206 valence electrons. The lowest BCUT2D eigenvalue weighted by molar-refractivity contribution is -0.202. The highest BCUT2D eigenvalue weighted by Crippen LogP contribution is 2.38. The molecule has 1 aromatic carbocycles. The molecule has 2 aromatic rings. The first-order valence-corrected chi connectivity index (χ1v) is 14.0. The standard InChI is InChI=1S/C30H41N3O5/c1-5-33(22-10-12-37-13-11-22)27-15-21(30(36-4)17-38-18-30)14-25(19(27)2)28(34)31-16-26-24-9-7-6-8-23(24)20(3)32-29(26)35/h14-15,22H,5-13,16-18H2,1-4H3,(H,31,34)(H,32,35). The maximum Gasteiger partial charge on any atom is 0.253 e. The average molecular weight is 524 g/mol. The van der Waals surface area contributed by atoms with Crippen LogP contribution in [0.2, 0.25) is 0 Å². The Labute approximate surface area is 225 Å². The van der Waals surface area contributed by atoms with Gasteiger partial charge in [-0.1, -0.05) is 0 Å². The van der Waals surface area contributed by atoms with Crippen molar-refractivity contribution in [2.24, 2.45) is 0 Å². The van der Waals surface area contributed by atoms with E-state index in [9.17, 15) is 9.59 Å². The summed E-state index contributed by atoms with van der Waals surface area (Å²) in [5.41, 5.74) is 6.89. The van der Waals surface area contributed by atoms with Crippen LogP contribution in [0.5, 0.6) is 0 Å². The van der Waals surface area contributed by atoms with Crippen LogP contribution in [0.25, 0.3) is 0 Å². The molecule has 5 rings (SSSR count). The minimum absolute atomic E-state index is 0.101. The fourth-order valence-corrected chi connectivity index (χ4v) is 6.37. The molecule has 0 bridgehead atoms. The number of aryl methyl sites for hydroxylation is 1. The molecule has 1 aromatic heterocycles. The number of aromatic nitrogens is 1. The van der Waals surface area contributed by atoms with Crippen molar-refractivity contribution in [3.05, 3.63) is 61.6 Å². The molecule has 2 aliphatic heterocycles. The number of ether oxygens (including phenoxy) is 3. The molecular weight excluding hydrogens is 482 g/mol. The molecule has 2 saturated heterocycles. The molecule has 0 unspecified atom stereocenters. The Morgan fingerprint density at radius 3 is 2.47 bits per heavy atom. The second-order valence-corrected chi connectivity index (χ2v) is 10.9. The Hall–Kier alpha value is -2.68. The number of benzene rings is 1. The molecule has 0 radical (unpaired) electrons. The van der Waals surface area contributed by atoms with Crippen molar-refractivity contribution < 1.29 is 19.0 Å². The summed E-state index contributed by atoms with van der Waals surface area (Å²) >= 11 is 0. The fourth-order valence-electron chi connectivity index (χ4n) is 6.37. The summed E-state index contributed by atoms with van der Waals surface area (Å²) in [6.07, 6.45) is 5.98. The number of amides is 1. The Balaban J connectivity index is 1.49. The first kappa shape index (κ1) is 26.9. The van der Waals surface area contributed by atoms with E-state index in [2.05, 4.69) is 28.2 Å². The minimum Gasteiger partial charge on any atom is -0.381 e. The first-order valence-electron chi connectivity index (χ1n) is 14.0. The van der Waals surface area contributed by atoms with Crippen LogP contribution in [0.3, 0.4) is 0 Å². The van der Waals surface area contributed by atoms with Gasteiger partial charge in [-0.2, -0.15) is 0 Å². The maximum absolute atomic E-state index is 13.8. The third-order valence-corrected chi connectivity index (χ3v) is 8.78. The van der Waals surface area contributed by atoms with Crippen molar-refractivity contribution in [1.29, 1.82) is 0 Å². The molecule has 8 heteroatoms. The largest absolute Gasteiger partial charge is 0.381 e. The van der Waals surface area contributed by atoms with Crippen molar-refractivity contribution in [1.82, 2.24) is 10.3 Å². The van der Waals surface area contributed by atoms with Crippen LogP contribution in [0.1, 0.15) is 76.5 Å². The monoisotopic (exact) mass is 523 g/mol. The van der Waals surface area contributed by atoms with Crippen LogP contribution in [0.4, 0.5) is 5.69 Å². The number of fused-ring (bicyclic) bond motifs is 1. The number of pyridine rings is 1. The van der Waals surface area contributed by atoms with Crippen molar-refractivity contribution >= 4 is 11.6 Å². The Kier molecular flexibility index (Phi) is 7.93. The summed E-state index contributed by atoms with van der Waals surface area (Å²) in [5.74, 6) is -0.176. The normalized spacial score (nSPS) is 18.9. The minimum atomic E-state index is -0.556. The third kappa shape index (κ3) is 4.90. The van der Waals surface area contributed by atoms with E-state index < -0.39 is 5.60 Å². The summed E-state index contributed by atoms with van der Waals surface area (Å²) in [5, 5.41) is 3.09. The quantitative estimate of drug-likeness (QED) is 0.549. The lowest BCUT2D eigenvalue weighted by atomic mass is 9.87. The van der Waals surface area contributed by atoms with Gasteiger partial charge >= 0.3 is 0 Å². The van der Waals surface area contributed by atoms with E-state index in [4.69, 9.17) is 14.2 Å². The molecule has 8 nitrogen and oxygen atoms in total. The molecule has 0 saturated carbocycles. The zero-order valence-corrected chi connectivity index (χ0v) is 23.2. The molecule has 2 N–H and O–H groups in total. The summed E-state index contributed by atoms with van der Waals surface area (Å²) < 4.78 is 17.1. The van der Waals surface area contributed by atoms with E-state index in [0.29, 0.717) is 30.4 Å². The van der Waals surface area contributed by atoms with Crippen LogP contribution >= 0.6 is 0 Å². The van der Waals surface area contributed by atoms with Gasteiger partial charge in [-0.05, 0) is 93.7 Å². The topological polar surface area (TPSA) is 92.9 Å². The third-order valence-electron chi connectivity index (χ3n) is 8.78. The highest BCUT2D eigenvalue weighted by molar-refractivity contribution is 5.97. The second-order valence-electron chi connectivity index (χ2n) is 10.9. The summed E-state index contributed by atoms with van der Waals surface area (Å²) in [6, 6.07) is 4.48. The molecule has 1 aliphatic carbocycles. The van der Waals surface area contributed by atoms with Gasteiger partial charge in [-0.15, -0.1) is 0 Å². The lowest BCUT2D eigenvalue weighted by Gasteiger charge is -2.42. The zero-order valence-electron chi connectivity index (χ0n) is 23.2. The van der Waals surface area contributed by atoms with Crippen LogP contribution in [-0.2, 0) is 39.2 Å². The van der Waals surface area contributed by atoms with Gasteiger partial charge in [0.25, 0.3) is 11.5 Å². The lowest BCUT2D eigenvalue weighted by Crippen LogP contribution is -2.48. The van der Waals surface area contributed by atoms with Crippen LogP contribution in [-0.4, -0.2) is 57.0 Å². The summed E-state index contributed by atoms with van der Waals surface area (Å²) in [7, 11) is 1.70. The SMILES string of the molecule is CCN(c1cc(C2(OC)COC2)cc(C(=O)NCc2c3c(c(C)[nH]c2=O)CCCC3)c1C)C1CCOCC1. The number of H-pyrrole nitrogens is 1. The van der Waals surface area contributed by atoms with E-state index in [-0.39, 0.29) is 18.0 Å². The Morgan fingerprint density at radius 1 is 1.13 bits per heavy atom. The summed E-state index contributed by atoms with van der Waals surface area (Å²) in [4.78, 5) is 32.1. The summed E-state index contributed by atoms with van der Waals surface area (Å²) in [6.45, 7) is 9.61. The van der Waals surface area contributed by atoms with Crippen LogP contribution < -0.4 is 15.8 Å². The number of aromatic amines is 1. The number of rotatable bonds is 8. The molecule has 3 heterocycles. The number of nitrogens with zero attached hydrogens (tertiary/aromatic N) is 1. The van der Waals surface area contributed by atoms with Gasteiger partial charge in [0, 0.05) is 62.0 Å². The molecule has 2 fully saturated rings. The van der Waals surface area contributed by atoms with Gasteiger partial charge in [-0.25, -0.2) is 0 Å². The van der Waals surface area contributed by atoms with Gasteiger partial charge in [-0.3, -0.25) is 9.59 Å². The van der Waals surface area contributed by atoms with Crippen molar-refractivity contribution in [2.45, 2.75) is 77.5 Å². The maximum atomic E-state index is 13.8. The predicted octanol–water partition coefficient (Wildman–Crippen LogP) is 3.68. The second kappa shape index (κ2) is 11.2. The van der Waals surface area contributed by atoms with Gasteiger partial charge in [0.05, 0.1) is 13.2 Å². The highest BCUT2D eigenvalue weighted by atomic mass is 16.6. The van der Waals surface area contributed by atoms with Gasteiger partial charge in [0.1, 0.15) is 5.60 Å². The van der Waals surface area contributed by atoms with E-state index in [1.807, 2.05) is 19.9 Å². The molecule has 3 aliphatic rings. The van der Waals surface area contributed by atoms with E-state index in [1.54, 1.807) is 7.11 Å². The molecular formula is C30H41N3O5. The smallest absolute Gasteiger partial charge is 0.253 e. The number of nitrogens with one attached hydrogen (secondary N) is 2. The number of carbonyl (C=O) groups excluding carboxylic acids is 1. The molecule has 38 heavy (non-hydrogen) atoms. The number of hydrogen-bond acceptors (Lipinski definition) is 6. The van der Waals surface area contributed by atoms with E-state index in [1.165, 1.54) is 5.56 Å². The predicted molar refractivity (Wildman–Crippen MR) is 147 cm³/mol. The number of methoxy groups -OCH3 is 1. The van der Waals surface area contributed by atoms with Crippen molar-refractivity contribution in [2.75, 3.05) is 45.0 Å². The Morgan fingerprint density at radius 2 is 1.84 bits per heavy atom. The number of carbonyl (C=O) groups is 1. The zero-order chi connectivity index (χ0) is 26.9. The van der Waals surface area contributed by atoms with E-state index in [0.717, 1.165) is 86.4 Å². The molecule has 0 spiro atoms. The van der Waals surface area contributed by atoms with E-state index >= 15 is 0 Å².